The van der Waals surface area contributed by atoms with Crippen molar-refractivity contribution in [1.29, 1.82) is 0 Å². The molecule has 0 rings (SSSR count). The summed E-state index contributed by atoms with van der Waals surface area (Å²) in [7, 11) is -2.12. The van der Waals surface area contributed by atoms with Crippen LogP contribution in [0.2, 0.25) is 0 Å². The zero-order chi connectivity index (χ0) is 9.11. The van der Waals surface area contributed by atoms with Gasteiger partial charge in [-0.3, -0.25) is 5.50 Å². The molecule has 0 saturated carbocycles. The molecule has 5 nitrogen and oxygen atoms in total. The highest BCUT2D eigenvalue weighted by atomic mass is 32.1. The number of aliphatic hydroxyl groups is 1. The highest BCUT2D eigenvalue weighted by Crippen LogP contribution is 2.05. The van der Waals surface area contributed by atoms with Crippen molar-refractivity contribution in [3.05, 3.63) is 0 Å². The van der Waals surface area contributed by atoms with E-state index in [0.29, 0.717) is 13.2 Å². The molecule has 5 N–H and O–H groups in total. The van der Waals surface area contributed by atoms with Gasteiger partial charge in [0.05, 0.1) is 19.8 Å². The molecule has 11 heavy (non-hydrogen) atoms. The minimum Gasteiger partial charge on any atom is -0.394 e. The smallest absolute Gasteiger partial charge is 0.247 e. The van der Waals surface area contributed by atoms with E-state index in [0.717, 1.165) is 5.75 Å². The van der Waals surface area contributed by atoms with Crippen LogP contribution in [-0.4, -0.2) is 40.5 Å². The molecule has 0 unspecified atom stereocenters. The second kappa shape index (κ2) is 13.2. The standard InChI is InChI=1S/C4H10O2S.H4NO2P/c5-1-2-6-3-4-7;1-4(2)3/h5,7H,1-4H2;2-3H,1H2. The van der Waals surface area contributed by atoms with E-state index in [1.807, 2.05) is 0 Å². The van der Waals surface area contributed by atoms with Crippen LogP contribution in [0, 0.1) is 0 Å². The van der Waals surface area contributed by atoms with Crippen molar-refractivity contribution < 1.29 is 19.6 Å². The molecule has 0 heterocycles. The highest BCUT2D eigenvalue weighted by Gasteiger charge is 1.79. The van der Waals surface area contributed by atoms with Gasteiger partial charge in [0.2, 0.25) is 8.53 Å². The van der Waals surface area contributed by atoms with Gasteiger partial charge in [0, 0.05) is 5.75 Å². The minimum absolute atomic E-state index is 0.105. The topological polar surface area (TPSA) is 95.9 Å². The van der Waals surface area contributed by atoms with Gasteiger partial charge in [0.15, 0.2) is 0 Å². The first kappa shape index (κ1) is 14.1. The molecule has 7 heteroatoms. The Balaban J connectivity index is 0. The molecule has 0 aliphatic carbocycles. The number of nitrogens with two attached hydrogens (primary N) is 1. The molecule has 0 spiro atoms. The van der Waals surface area contributed by atoms with E-state index < -0.39 is 8.53 Å². The third-order valence-electron chi connectivity index (χ3n) is 0.471. The van der Waals surface area contributed by atoms with Gasteiger partial charge in [-0.25, -0.2) is 0 Å². The lowest BCUT2D eigenvalue weighted by atomic mass is 10.7. The summed E-state index contributed by atoms with van der Waals surface area (Å²) >= 11 is 3.89. The van der Waals surface area contributed by atoms with Gasteiger partial charge in [0.1, 0.15) is 0 Å². The van der Waals surface area contributed by atoms with Crippen molar-refractivity contribution in [2.24, 2.45) is 5.50 Å². The monoisotopic (exact) mass is 203 g/mol. The van der Waals surface area contributed by atoms with Crippen molar-refractivity contribution >= 4 is 21.2 Å². The normalized spacial score (nSPS) is 9.27. The van der Waals surface area contributed by atoms with E-state index in [2.05, 4.69) is 18.1 Å². The zero-order valence-electron chi connectivity index (χ0n) is 6.05. The molecule has 0 aromatic rings. The molecule has 0 amide bonds. The van der Waals surface area contributed by atoms with E-state index in [4.69, 9.17) is 19.6 Å². The third-order valence-corrected chi connectivity index (χ3v) is 0.654. The molecule has 0 saturated heterocycles. The van der Waals surface area contributed by atoms with Crippen LogP contribution in [0.4, 0.5) is 0 Å². The average Bonchev–Trinajstić information content (AvgIpc) is 1.88. The first-order chi connectivity index (χ1) is 5.15. The number of rotatable bonds is 4. The molecule has 0 aliphatic heterocycles. The predicted octanol–water partition coefficient (Wildman–Crippen LogP) is -0.918. The molecule has 0 aromatic heterocycles. The van der Waals surface area contributed by atoms with Crippen LogP contribution >= 0.6 is 21.2 Å². The summed E-state index contributed by atoms with van der Waals surface area (Å²) in [6.45, 7) is 1.16. The molecule has 0 atom stereocenters. The number of hydrogen-bond acceptors (Lipinski definition) is 6. The Morgan fingerprint density at radius 3 is 2.09 bits per heavy atom. The van der Waals surface area contributed by atoms with Gasteiger partial charge in [-0.2, -0.15) is 12.6 Å². The summed E-state index contributed by atoms with van der Waals surface area (Å²) in [6.07, 6.45) is 0. The Morgan fingerprint density at radius 1 is 1.36 bits per heavy atom. The van der Waals surface area contributed by atoms with Gasteiger partial charge in [0.25, 0.3) is 0 Å². The lowest BCUT2D eigenvalue weighted by molar-refractivity contribution is 0.103. The number of thiol groups is 1. The highest BCUT2D eigenvalue weighted by molar-refractivity contribution is 7.80. The molecule has 70 valence electrons. The minimum atomic E-state index is -2.12. The fourth-order valence-corrected chi connectivity index (χ4v) is 0.360. The fraction of sp³-hybridized carbons (Fsp3) is 1.00. The summed E-state index contributed by atoms with van der Waals surface area (Å²) < 4.78 is 4.81. The molecule has 0 fully saturated rings. The van der Waals surface area contributed by atoms with E-state index in [-0.39, 0.29) is 6.61 Å². The van der Waals surface area contributed by atoms with Crippen molar-refractivity contribution in [3.63, 3.8) is 0 Å². The summed E-state index contributed by atoms with van der Waals surface area (Å²) in [6, 6.07) is 0. The fourth-order valence-electron chi connectivity index (χ4n) is 0.231. The second-order valence-electron chi connectivity index (χ2n) is 1.38. The maximum atomic E-state index is 8.14. The largest absolute Gasteiger partial charge is 0.394 e. The molecule has 0 radical (unpaired) electrons. The maximum absolute atomic E-state index is 8.14. The van der Waals surface area contributed by atoms with Gasteiger partial charge in [-0.15, -0.1) is 0 Å². The van der Waals surface area contributed by atoms with Gasteiger partial charge in [-0.1, -0.05) is 0 Å². The molecule has 0 aromatic carbocycles. The van der Waals surface area contributed by atoms with Crippen LogP contribution in [0.5, 0.6) is 0 Å². The SMILES string of the molecule is NP(O)O.OCCOCCS. The summed E-state index contributed by atoms with van der Waals surface area (Å²) in [5.41, 5.74) is 4.29. The number of aliphatic hydroxyl groups excluding tert-OH is 1. The van der Waals surface area contributed by atoms with Crippen LogP contribution in [0.15, 0.2) is 0 Å². The zero-order valence-corrected chi connectivity index (χ0v) is 7.84. The number of hydrogen-bond donors (Lipinski definition) is 5. The van der Waals surface area contributed by atoms with Crippen LogP contribution in [0.3, 0.4) is 0 Å². The molecule has 0 aliphatic rings. The van der Waals surface area contributed by atoms with Crippen LogP contribution in [0.1, 0.15) is 0 Å². The van der Waals surface area contributed by atoms with Crippen molar-refractivity contribution in [2.75, 3.05) is 25.6 Å². The molecular weight excluding hydrogens is 189 g/mol. The van der Waals surface area contributed by atoms with Crippen LogP contribution in [0.25, 0.3) is 0 Å². The van der Waals surface area contributed by atoms with Gasteiger partial charge in [-0.05, 0) is 0 Å². The van der Waals surface area contributed by atoms with Gasteiger partial charge >= 0.3 is 0 Å². The molecule has 0 bridgehead atoms. The average molecular weight is 203 g/mol. The second-order valence-corrected chi connectivity index (χ2v) is 2.47. The summed E-state index contributed by atoms with van der Waals surface area (Å²) in [4.78, 5) is 14.9. The van der Waals surface area contributed by atoms with Crippen molar-refractivity contribution in [1.82, 2.24) is 0 Å². The lowest BCUT2D eigenvalue weighted by Gasteiger charge is -1.94. The Hall–Kier alpha value is 0.580. The Morgan fingerprint density at radius 2 is 1.82 bits per heavy atom. The lowest BCUT2D eigenvalue weighted by Crippen LogP contribution is -2.00. The van der Waals surface area contributed by atoms with E-state index >= 15 is 0 Å². The van der Waals surface area contributed by atoms with Gasteiger partial charge < -0.3 is 19.6 Å². The van der Waals surface area contributed by atoms with E-state index in [1.54, 1.807) is 0 Å². The maximum Gasteiger partial charge on any atom is 0.247 e. The predicted molar refractivity (Wildman–Crippen MR) is 47.3 cm³/mol. The summed E-state index contributed by atoms with van der Waals surface area (Å²) in [5.74, 6) is 0.722. The quantitative estimate of drug-likeness (QED) is 0.231. The Bertz CT molecular complexity index is 61.3. The first-order valence-corrected chi connectivity index (χ1v) is 4.82. The Labute approximate surface area is 72.6 Å². The van der Waals surface area contributed by atoms with E-state index in [9.17, 15) is 0 Å². The van der Waals surface area contributed by atoms with Crippen LogP contribution in [-0.2, 0) is 4.74 Å². The summed E-state index contributed by atoms with van der Waals surface area (Å²) in [5, 5.41) is 8.14. The van der Waals surface area contributed by atoms with Crippen LogP contribution < -0.4 is 5.50 Å². The Kier molecular flexibility index (Phi) is 16.9. The van der Waals surface area contributed by atoms with E-state index in [1.165, 1.54) is 0 Å². The third kappa shape index (κ3) is 37.1. The van der Waals surface area contributed by atoms with Crippen molar-refractivity contribution in [3.8, 4) is 0 Å². The first-order valence-electron chi connectivity index (χ1n) is 2.87. The number of ether oxygens (including phenoxy) is 1. The molecular formula is C4H14NO4PS. The van der Waals surface area contributed by atoms with Crippen molar-refractivity contribution in [2.45, 2.75) is 0 Å².